The van der Waals surface area contributed by atoms with E-state index in [1.165, 1.54) is 5.06 Å². The number of hydrogen-bond acceptors (Lipinski definition) is 3. The molecule has 6 heteroatoms. The molecule has 21 heavy (non-hydrogen) atoms. The molecule has 1 fully saturated rings. The van der Waals surface area contributed by atoms with Gasteiger partial charge in [-0.15, -0.1) is 0 Å². The van der Waals surface area contributed by atoms with Gasteiger partial charge < -0.3 is 5.32 Å². The Labute approximate surface area is 136 Å². The maximum Gasteiger partial charge on any atom is 0.346 e. The van der Waals surface area contributed by atoms with Crippen LogP contribution in [-0.2, 0) is 4.84 Å². The molecule has 3 rings (SSSR count). The van der Waals surface area contributed by atoms with Gasteiger partial charge in [-0.1, -0.05) is 30.3 Å². The van der Waals surface area contributed by atoms with Crippen molar-refractivity contribution in [2.45, 2.75) is 12.5 Å². The first-order chi connectivity index (χ1) is 10.2. The molecule has 1 atom stereocenters. The average Bonchev–Trinajstić information content (AvgIpc) is 2.98. The van der Waals surface area contributed by atoms with Gasteiger partial charge in [-0.3, -0.25) is 9.82 Å². The van der Waals surface area contributed by atoms with Gasteiger partial charge >= 0.3 is 6.03 Å². The van der Waals surface area contributed by atoms with E-state index in [1.807, 2.05) is 36.4 Å². The first kappa shape index (κ1) is 14.3. The van der Waals surface area contributed by atoms with Gasteiger partial charge in [-0.2, -0.15) is 5.06 Å². The van der Waals surface area contributed by atoms with Crippen molar-refractivity contribution in [3.63, 3.8) is 0 Å². The van der Waals surface area contributed by atoms with Gasteiger partial charge in [0, 0.05) is 18.3 Å². The van der Waals surface area contributed by atoms with Crippen LogP contribution >= 0.6 is 22.6 Å². The lowest BCUT2D eigenvalue weighted by molar-refractivity contribution is -0.0829. The van der Waals surface area contributed by atoms with Crippen molar-refractivity contribution in [3.05, 3.63) is 57.9 Å². The predicted molar refractivity (Wildman–Crippen MR) is 87.6 cm³/mol. The number of amides is 2. The van der Waals surface area contributed by atoms with Gasteiger partial charge in [0.2, 0.25) is 0 Å². The summed E-state index contributed by atoms with van der Waals surface area (Å²) < 4.78 is 0.826. The number of halogens is 1. The Balaban J connectivity index is 1.74. The van der Waals surface area contributed by atoms with E-state index in [9.17, 15) is 4.79 Å². The van der Waals surface area contributed by atoms with Crippen molar-refractivity contribution in [2.75, 3.05) is 11.9 Å². The van der Waals surface area contributed by atoms with Crippen molar-refractivity contribution >= 4 is 34.3 Å². The fourth-order valence-electron chi connectivity index (χ4n) is 2.31. The number of aromatic nitrogens is 1. The highest BCUT2D eigenvalue weighted by Gasteiger charge is 2.31. The van der Waals surface area contributed by atoms with E-state index in [0.717, 1.165) is 15.7 Å². The summed E-state index contributed by atoms with van der Waals surface area (Å²) in [6.07, 6.45) is 2.46. The van der Waals surface area contributed by atoms with Crippen molar-refractivity contribution in [1.29, 1.82) is 0 Å². The third-order valence-corrected chi connectivity index (χ3v) is 3.86. The van der Waals surface area contributed by atoms with Crippen LogP contribution in [0.15, 0.2) is 48.7 Å². The van der Waals surface area contributed by atoms with E-state index in [4.69, 9.17) is 4.84 Å². The molecule has 1 N–H and O–H groups in total. The summed E-state index contributed by atoms with van der Waals surface area (Å²) in [5.41, 5.74) is 1.79. The number of anilines is 1. The fraction of sp³-hybridized carbons (Fsp3) is 0.200. The van der Waals surface area contributed by atoms with Crippen LogP contribution in [-0.4, -0.2) is 22.7 Å². The van der Waals surface area contributed by atoms with Crippen LogP contribution in [0.2, 0.25) is 0 Å². The summed E-state index contributed by atoms with van der Waals surface area (Å²) in [5, 5.41) is 4.26. The molecule has 0 spiro atoms. The van der Waals surface area contributed by atoms with Gasteiger partial charge in [0.15, 0.2) is 0 Å². The summed E-state index contributed by atoms with van der Waals surface area (Å²) >= 11 is 2.11. The zero-order chi connectivity index (χ0) is 14.7. The van der Waals surface area contributed by atoms with E-state index in [1.54, 1.807) is 12.3 Å². The molecular formula is C15H14IN3O2. The van der Waals surface area contributed by atoms with Gasteiger partial charge in [0.1, 0.15) is 3.70 Å². The number of carbonyl (C=O) groups excluding carboxylic acids is 1. The molecule has 1 saturated heterocycles. The van der Waals surface area contributed by atoms with E-state index < -0.39 is 0 Å². The lowest BCUT2D eigenvalue weighted by Crippen LogP contribution is -2.33. The van der Waals surface area contributed by atoms with Crippen LogP contribution in [0.5, 0.6) is 0 Å². The molecule has 0 radical (unpaired) electrons. The highest BCUT2D eigenvalue weighted by atomic mass is 127. The number of nitrogens with one attached hydrogen (secondary N) is 1. The Bertz CT molecular complexity index is 636. The van der Waals surface area contributed by atoms with Crippen LogP contribution in [0.1, 0.15) is 18.0 Å². The second-order valence-electron chi connectivity index (χ2n) is 4.67. The number of carbonyl (C=O) groups is 1. The molecule has 2 amide bonds. The van der Waals surface area contributed by atoms with Crippen LogP contribution in [0, 0.1) is 3.70 Å². The van der Waals surface area contributed by atoms with E-state index in [2.05, 4.69) is 32.9 Å². The zero-order valence-corrected chi connectivity index (χ0v) is 13.4. The third kappa shape index (κ3) is 3.33. The van der Waals surface area contributed by atoms with Crippen molar-refractivity contribution in [1.82, 2.24) is 10.0 Å². The molecule has 0 saturated carbocycles. The molecule has 0 unspecified atom stereocenters. The predicted octanol–water partition coefficient (Wildman–Crippen LogP) is 3.60. The van der Waals surface area contributed by atoms with E-state index in [-0.39, 0.29) is 12.1 Å². The smallest absolute Gasteiger partial charge is 0.306 e. The number of rotatable bonds is 2. The summed E-state index contributed by atoms with van der Waals surface area (Å²) in [7, 11) is 0. The summed E-state index contributed by atoms with van der Waals surface area (Å²) in [5.74, 6) is 0. The second-order valence-corrected chi connectivity index (χ2v) is 5.78. The minimum absolute atomic E-state index is 0.0490. The maximum atomic E-state index is 12.4. The Morgan fingerprint density at radius 2 is 2.14 bits per heavy atom. The lowest BCUT2D eigenvalue weighted by atomic mass is 10.1. The zero-order valence-electron chi connectivity index (χ0n) is 11.2. The number of nitrogens with zero attached hydrogens (tertiary/aromatic N) is 2. The molecule has 0 aliphatic carbocycles. The maximum absolute atomic E-state index is 12.4. The van der Waals surface area contributed by atoms with Crippen molar-refractivity contribution in [2.24, 2.45) is 0 Å². The highest BCUT2D eigenvalue weighted by molar-refractivity contribution is 14.1. The molecule has 1 aromatic carbocycles. The summed E-state index contributed by atoms with van der Waals surface area (Å²) in [6.45, 7) is 0.543. The van der Waals surface area contributed by atoms with E-state index in [0.29, 0.717) is 12.3 Å². The summed E-state index contributed by atoms with van der Waals surface area (Å²) in [4.78, 5) is 22.0. The average molecular weight is 395 g/mol. The largest absolute Gasteiger partial charge is 0.346 e. The molecular weight excluding hydrogens is 381 g/mol. The first-order valence-electron chi connectivity index (χ1n) is 6.63. The van der Waals surface area contributed by atoms with Gasteiger partial charge in [0.25, 0.3) is 0 Å². The molecule has 5 nitrogen and oxygen atoms in total. The Morgan fingerprint density at radius 3 is 2.90 bits per heavy atom. The molecule has 1 aliphatic rings. The number of benzene rings is 1. The fourth-order valence-corrected chi connectivity index (χ4v) is 2.80. The molecule has 2 heterocycles. The first-order valence-corrected chi connectivity index (χ1v) is 7.71. The standard InChI is InChI=1S/C15H14IN3O2/c16-14-10-12(6-8-17-14)18-15(20)19-13(7-9-21-19)11-4-2-1-3-5-11/h1-6,8,10,13H,7,9H2,(H,17,18,20)/t13-/m0/s1. The molecule has 108 valence electrons. The highest BCUT2D eigenvalue weighted by Crippen LogP contribution is 2.30. The van der Waals surface area contributed by atoms with E-state index >= 15 is 0 Å². The van der Waals surface area contributed by atoms with Crippen molar-refractivity contribution in [3.8, 4) is 0 Å². The molecule has 2 aromatic rings. The third-order valence-electron chi connectivity index (χ3n) is 3.27. The Morgan fingerprint density at radius 1 is 1.33 bits per heavy atom. The topological polar surface area (TPSA) is 54.5 Å². The summed E-state index contributed by atoms with van der Waals surface area (Å²) in [6, 6.07) is 13.2. The number of hydroxylamine groups is 2. The minimum atomic E-state index is -0.261. The monoisotopic (exact) mass is 395 g/mol. The van der Waals surface area contributed by atoms with Crippen LogP contribution < -0.4 is 5.32 Å². The number of hydrogen-bond donors (Lipinski definition) is 1. The molecule has 1 aromatic heterocycles. The minimum Gasteiger partial charge on any atom is -0.306 e. The Kier molecular flexibility index (Phi) is 4.35. The van der Waals surface area contributed by atoms with Crippen LogP contribution in [0.3, 0.4) is 0 Å². The number of urea groups is 1. The van der Waals surface area contributed by atoms with Crippen molar-refractivity contribution < 1.29 is 9.63 Å². The molecule has 1 aliphatic heterocycles. The van der Waals surface area contributed by atoms with Gasteiger partial charge in [-0.25, -0.2) is 4.79 Å². The molecule has 0 bridgehead atoms. The lowest BCUT2D eigenvalue weighted by Gasteiger charge is -2.23. The second kappa shape index (κ2) is 6.40. The Hall–Kier alpha value is -1.67. The van der Waals surface area contributed by atoms with Crippen LogP contribution in [0.25, 0.3) is 0 Å². The number of pyridine rings is 1. The SMILES string of the molecule is O=C(Nc1ccnc(I)c1)N1OCC[C@H]1c1ccccc1. The van der Waals surface area contributed by atoms with Gasteiger partial charge in [-0.05, 0) is 40.3 Å². The van der Waals surface area contributed by atoms with Crippen LogP contribution in [0.4, 0.5) is 10.5 Å². The quantitative estimate of drug-likeness (QED) is 0.625. The normalized spacial score (nSPS) is 17.8. The van der Waals surface area contributed by atoms with Gasteiger partial charge in [0.05, 0.1) is 12.6 Å².